The van der Waals surface area contributed by atoms with E-state index in [9.17, 15) is 8.78 Å². The lowest BCUT2D eigenvalue weighted by Gasteiger charge is -2.12. The van der Waals surface area contributed by atoms with Crippen LogP contribution < -0.4 is 10.5 Å². The lowest BCUT2D eigenvalue weighted by Crippen LogP contribution is -2.11. The van der Waals surface area contributed by atoms with Crippen molar-refractivity contribution in [3.63, 3.8) is 0 Å². The molecule has 0 heterocycles. The quantitative estimate of drug-likeness (QED) is 0.833. The van der Waals surface area contributed by atoms with Gasteiger partial charge in [-0.1, -0.05) is 0 Å². The van der Waals surface area contributed by atoms with Crippen molar-refractivity contribution < 1.29 is 13.5 Å². The van der Waals surface area contributed by atoms with E-state index in [1.807, 2.05) is 0 Å². The molecule has 1 aromatic carbocycles. The minimum Gasteiger partial charge on any atom is -0.496 e. The summed E-state index contributed by atoms with van der Waals surface area (Å²) in [7, 11) is 1.44. The van der Waals surface area contributed by atoms with Crippen LogP contribution in [0.5, 0.6) is 5.75 Å². The Morgan fingerprint density at radius 2 is 2.33 bits per heavy atom. The summed E-state index contributed by atoms with van der Waals surface area (Å²) < 4.78 is 32.2. The standard InChI is InChI=1S/C11H13F2NO/c1-15-10-3-2-8(12)4-9(10)11(13)5-7(11)6-14/h2-4,7H,5-6,14H2,1H3. The van der Waals surface area contributed by atoms with Crippen molar-refractivity contribution in [1.82, 2.24) is 0 Å². The number of rotatable bonds is 3. The molecule has 2 unspecified atom stereocenters. The molecule has 0 aromatic heterocycles. The van der Waals surface area contributed by atoms with Crippen molar-refractivity contribution in [1.29, 1.82) is 0 Å². The average molecular weight is 213 g/mol. The van der Waals surface area contributed by atoms with Crippen molar-refractivity contribution in [2.75, 3.05) is 13.7 Å². The largest absolute Gasteiger partial charge is 0.496 e. The first kappa shape index (κ1) is 10.4. The molecule has 4 heteroatoms. The predicted molar refractivity (Wildman–Crippen MR) is 52.9 cm³/mol. The highest BCUT2D eigenvalue weighted by Crippen LogP contribution is 2.57. The van der Waals surface area contributed by atoms with Crippen LogP contribution in [0.15, 0.2) is 18.2 Å². The van der Waals surface area contributed by atoms with Gasteiger partial charge < -0.3 is 10.5 Å². The number of hydrogen-bond acceptors (Lipinski definition) is 2. The third-order valence-corrected chi connectivity index (χ3v) is 2.92. The SMILES string of the molecule is COc1ccc(F)cc1C1(F)CC1CN. The first-order valence-corrected chi connectivity index (χ1v) is 4.85. The maximum Gasteiger partial charge on any atom is 0.144 e. The summed E-state index contributed by atoms with van der Waals surface area (Å²) in [6, 6.07) is 3.89. The monoisotopic (exact) mass is 213 g/mol. The summed E-state index contributed by atoms with van der Waals surface area (Å²) in [5.74, 6) is -0.284. The van der Waals surface area contributed by atoms with E-state index in [0.717, 1.165) is 0 Å². The predicted octanol–water partition coefficient (Wildman–Crippen LogP) is 1.98. The second-order valence-corrected chi connectivity index (χ2v) is 3.84. The van der Waals surface area contributed by atoms with Crippen LogP contribution in [0.3, 0.4) is 0 Å². The molecule has 1 aliphatic carbocycles. The van der Waals surface area contributed by atoms with E-state index in [1.54, 1.807) is 0 Å². The highest BCUT2D eigenvalue weighted by Gasteiger charge is 2.57. The molecule has 1 fully saturated rings. The zero-order valence-corrected chi connectivity index (χ0v) is 8.47. The highest BCUT2D eigenvalue weighted by atomic mass is 19.1. The zero-order valence-electron chi connectivity index (χ0n) is 8.47. The van der Waals surface area contributed by atoms with Gasteiger partial charge in [-0.25, -0.2) is 8.78 Å². The second-order valence-electron chi connectivity index (χ2n) is 3.84. The Balaban J connectivity index is 2.39. The third-order valence-electron chi connectivity index (χ3n) is 2.92. The smallest absolute Gasteiger partial charge is 0.144 e. The van der Waals surface area contributed by atoms with Gasteiger partial charge in [-0.3, -0.25) is 0 Å². The van der Waals surface area contributed by atoms with Gasteiger partial charge >= 0.3 is 0 Å². The molecule has 1 aromatic rings. The number of halogens is 2. The minimum atomic E-state index is -1.50. The fourth-order valence-corrected chi connectivity index (χ4v) is 1.90. The number of hydrogen-bond donors (Lipinski definition) is 1. The van der Waals surface area contributed by atoms with Crippen molar-refractivity contribution in [3.05, 3.63) is 29.6 Å². The Bertz CT molecular complexity index is 383. The topological polar surface area (TPSA) is 35.2 Å². The molecule has 0 radical (unpaired) electrons. The van der Waals surface area contributed by atoms with E-state index in [1.165, 1.54) is 25.3 Å². The van der Waals surface area contributed by atoms with E-state index < -0.39 is 11.5 Å². The molecule has 0 saturated heterocycles. The molecule has 15 heavy (non-hydrogen) atoms. The van der Waals surface area contributed by atoms with Crippen molar-refractivity contribution in [3.8, 4) is 5.75 Å². The third kappa shape index (κ3) is 1.59. The van der Waals surface area contributed by atoms with Crippen molar-refractivity contribution in [2.24, 2.45) is 11.7 Å². The van der Waals surface area contributed by atoms with Gasteiger partial charge in [0.25, 0.3) is 0 Å². The van der Waals surface area contributed by atoms with Gasteiger partial charge in [0.2, 0.25) is 0 Å². The van der Waals surface area contributed by atoms with E-state index in [2.05, 4.69) is 0 Å². The minimum absolute atomic E-state index is 0.215. The van der Waals surface area contributed by atoms with Gasteiger partial charge in [0.15, 0.2) is 0 Å². The summed E-state index contributed by atoms with van der Waals surface area (Å²) in [6.45, 7) is 0.274. The summed E-state index contributed by atoms with van der Waals surface area (Å²) in [5, 5.41) is 0. The molecule has 0 aliphatic heterocycles. The Morgan fingerprint density at radius 1 is 1.60 bits per heavy atom. The van der Waals surface area contributed by atoms with Gasteiger partial charge in [0.05, 0.1) is 7.11 Å². The van der Waals surface area contributed by atoms with E-state index in [0.29, 0.717) is 12.2 Å². The van der Waals surface area contributed by atoms with Crippen LogP contribution >= 0.6 is 0 Å². The molecule has 1 saturated carbocycles. The molecule has 1 aliphatic rings. The average Bonchev–Trinajstić information content (AvgIpc) is 2.91. The van der Waals surface area contributed by atoms with Crippen LogP contribution in [-0.2, 0) is 5.67 Å². The zero-order chi connectivity index (χ0) is 11.1. The highest BCUT2D eigenvalue weighted by molar-refractivity contribution is 5.42. The van der Waals surface area contributed by atoms with Gasteiger partial charge in [0.1, 0.15) is 17.2 Å². The van der Waals surface area contributed by atoms with Crippen LogP contribution in [-0.4, -0.2) is 13.7 Å². The summed E-state index contributed by atoms with van der Waals surface area (Å²) in [4.78, 5) is 0. The number of alkyl halides is 1. The van der Waals surface area contributed by atoms with Gasteiger partial charge in [-0.05, 0) is 31.2 Å². The van der Waals surface area contributed by atoms with Crippen LogP contribution in [0.4, 0.5) is 8.78 Å². The maximum atomic E-state index is 14.2. The summed E-state index contributed by atoms with van der Waals surface area (Å²) in [5.41, 5.74) is 4.18. The second kappa shape index (κ2) is 3.45. The van der Waals surface area contributed by atoms with E-state index in [-0.39, 0.29) is 18.0 Å². The van der Waals surface area contributed by atoms with Crippen LogP contribution in [0.25, 0.3) is 0 Å². The summed E-state index contributed by atoms with van der Waals surface area (Å²) >= 11 is 0. The first-order chi connectivity index (χ1) is 7.11. The molecule has 0 spiro atoms. The van der Waals surface area contributed by atoms with Crippen molar-refractivity contribution in [2.45, 2.75) is 12.1 Å². The van der Waals surface area contributed by atoms with Gasteiger partial charge in [-0.2, -0.15) is 0 Å². The number of nitrogens with two attached hydrogens (primary N) is 1. The number of methoxy groups -OCH3 is 1. The van der Waals surface area contributed by atoms with E-state index in [4.69, 9.17) is 10.5 Å². The Labute approximate surface area is 87.0 Å². The molecule has 2 nitrogen and oxygen atoms in total. The van der Waals surface area contributed by atoms with Crippen molar-refractivity contribution >= 4 is 0 Å². The molecule has 2 atom stereocenters. The van der Waals surface area contributed by atoms with Crippen LogP contribution in [0.1, 0.15) is 12.0 Å². The first-order valence-electron chi connectivity index (χ1n) is 4.85. The number of ether oxygens (including phenoxy) is 1. The van der Waals surface area contributed by atoms with Crippen LogP contribution in [0.2, 0.25) is 0 Å². The lowest BCUT2D eigenvalue weighted by molar-refractivity contribution is 0.275. The Kier molecular flexibility index (Phi) is 2.38. The van der Waals surface area contributed by atoms with Gasteiger partial charge in [0, 0.05) is 11.5 Å². The Hall–Kier alpha value is -1.16. The molecule has 0 amide bonds. The molecule has 2 N–H and O–H groups in total. The Morgan fingerprint density at radius 3 is 2.87 bits per heavy atom. The fourth-order valence-electron chi connectivity index (χ4n) is 1.90. The molecule has 2 rings (SSSR count). The lowest BCUT2D eigenvalue weighted by atomic mass is 10.1. The molecule has 0 bridgehead atoms. The molecule has 82 valence electrons. The molecular formula is C11H13F2NO. The maximum absolute atomic E-state index is 14.2. The fraction of sp³-hybridized carbons (Fsp3) is 0.455. The van der Waals surface area contributed by atoms with E-state index >= 15 is 0 Å². The van der Waals surface area contributed by atoms with Gasteiger partial charge in [-0.15, -0.1) is 0 Å². The normalized spacial score (nSPS) is 28.9. The summed E-state index contributed by atoms with van der Waals surface area (Å²) in [6.07, 6.45) is 0.351. The van der Waals surface area contributed by atoms with Crippen LogP contribution in [0, 0.1) is 11.7 Å². The number of benzene rings is 1. The molecular weight excluding hydrogens is 200 g/mol.